The quantitative estimate of drug-likeness (QED) is 0.0287. The van der Waals surface area contributed by atoms with E-state index in [0.717, 1.165) is 135 Å². The third kappa shape index (κ3) is 38.0. The molecule has 0 fully saturated rings. The van der Waals surface area contributed by atoms with Crippen molar-refractivity contribution < 1.29 is 33.6 Å². The number of carbonyl (C=O) groups excluding carboxylic acids is 2. The monoisotopic (exact) mass is 738 g/mol. The van der Waals surface area contributed by atoms with Crippen LogP contribution in [-0.4, -0.2) is 80.9 Å². The molecule has 0 saturated carbocycles. The summed E-state index contributed by atoms with van der Waals surface area (Å²) >= 11 is 0. The van der Waals surface area contributed by atoms with E-state index < -0.39 is 0 Å². The molecule has 0 aromatic rings. The number of carbonyl (C=O) groups is 2. The molecule has 8 heteroatoms. The minimum Gasteiger partial charge on any atom is -0.466 e. The molecule has 0 amide bonds. The van der Waals surface area contributed by atoms with E-state index in [4.69, 9.17) is 18.9 Å². The number of aliphatic hydroxyl groups excluding tert-OH is 1. The Morgan fingerprint density at radius 2 is 0.981 bits per heavy atom. The first-order valence-electron chi connectivity index (χ1n) is 21.7. The van der Waals surface area contributed by atoms with Gasteiger partial charge < -0.3 is 29.0 Å². The molecular formula is C44H83NO7. The van der Waals surface area contributed by atoms with Gasteiger partial charge in [0.2, 0.25) is 0 Å². The van der Waals surface area contributed by atoms with Gasteiger partial charge in [-0.25, -0.2) is 0 Å². The second-order valence-corrected chi connectivity index (χ2v) is 14.2. The highest BCUT2D eigenvalue weighted by Gasteiger charge is 2.14. The van der Waals surface area contributed by atoms with Gasteiger partial charge in [-0.05, 0) is 103 Å². The van der Waals surface area contributed by atoms with E-state index in [9.17, 15) is 14.7 Å². The lowest BCUT2D eigenvalue weighted by Gasteiger charge is -2.22. The molecule has 52 heavy (non-hydrogen) atoms. The molecule has 0 unspecified atom stereocenters. The first-order valence-corrected chi connectivity index (χ1v) is 21.7. The first kappa shape index (κ1) is 50.3. The van der Waals surface area contributed by atoms with Gasteiger partial charge >= 0.3 is 11.9 Å². The van der Waals surface area contributed by atoms with Gasteiger partial charge in [0, 0.05) is 39.2 Å². The van der Waals surface area contributed by atoms with Crippen LogP contribution < -0.4 is 0 Å². The van der Waals surface area contributed by atoms with Crippen LogP contribution in [0, 0.1) is 0 Å². The standard InChI is InChI=1S/C44H83NO7/c1-4-7-10-13-16-22-26-38-49-42(47)31-23-18-17-19-24-34-45(36-30-37-46)35-25-29-39-50-43(48)32-33-44(51-40-27-20-14-11-8-5-2)52-41-28-21-15-12-9-6-3/h8-9,11-12,44,46H,4-7,10,13-41H2,1-3H3/b11-8-,12-9-. The van der Waals surface area contributed by atoms with Crippen molar-refractivity contribution in [2.24, 2.45) is 0 Å². The fourth-order valence-electron chi connectivity index (χ4n) is 5.96. The van der Waals surface area contributed by atoms with Crippen molar-refractivity contribution in [3.05, 3.63) is 24.3 Å². The lowest BCUT2D eigenvalue weighted by atomic mass is 10.1. The number of unbranched alkanes of at least 4 members (excludes halogenated alkanes) is 15. The molecule has 1 N–H and O–H groups in total. The second kappa shape index (κ2) is 42.0. The molecule has 0 radical (unpaired) electrons. The summed E-state index contributed by atoms with van der Waals surface area (Å²) in [5, 5.41) is 9.36. The van der Waals surface area contributed by atoms with Gasteiger partial charge in [-0.2, -0.15) is 0 Å². The highest BCUT2D eigenvalue weighted by Crippen LogP contribution is 2.12. The fourth-order valence-corrected chi connectivity index (χ4v) is 5.96. The zero-order chi connectivity index (χ0) is 38.0. The van der Waals surface area contributed by atoms with Gasteiger partial charge in [-0.3, -0.25) is 9.59 Å². The van der Waals surface area contributed by atoms with Gasteiger partial charge in [0.15, 0.2) is 6.29 Å². The summed E-state index contributed by atoms with van der Waals surface area (Å²) in [6.45, 7) is 11.8. The van der Waals surface area contributed by atoms with Crippen LogP contribution in [0.2, 0.25) is 0 Å². The summed E-state index contributed by atoms with van der Waals surface area (Å²) < 4.78 is 23.0. The molecule has 0 heterocycles. The number of ether oxygens (including phenoxy) is 4. The number of esters is 2. The lowest BCUT2D eigenvalue weighted by Crippen LogP contribution is -2.28. The average Bonchev–Trinajstić information content (AvgIpc) is 3.14. The van der Waals surface area contributed by atoms with Gasteiger partial charge in [0.25, 0.3) is 0 Å². The minimum atomic E-state index is -0.369. The van der Waals surface area contributed by atoms with Crippen molar-refractivity contribution in [2.45, 2.75) is 194 Å². The molecule has 0 aliphatic heterocycles. The Hall–Kier alpha value is -1.74. The van der Waals surface area contributed by atoms with E-state index in [0.29, 0.717) is 45.7 Å². The zero-order valence-electron chi connectivity index (χ0n) is 34.3. The molecule has 8 nitrogen and oxygen atoms in total. The fraction of sp³-hybridized carbons (Fsp3) is 0.864. The Morgan fingerprint density at radius 3 is 1.56 bits per heavy atom. The zero-order valence-corrected chi connectivity index (χ0v) is 34.3. The third-order valence-corrected chi connectivity index (χ3v) is 9.16. The highest BCUT2D eigenvalue weighted by molar-refractivity contribution is 5.69. The summed E-state index contributed by atoms with van der Waals surface area (Å²) in [5.74, 6) is -0.238. The molecule has 0 aliphatic rings. The number of rotatable bonds is 41. The Morgan fingerprint density at radius 1 is 0.519 bits per heavy atom. The Labute approximate surface area is 320 Å². The number of allylic oxidation sites excluding steroid dienone is 4. The Kier molecular flexibility index (Phi) is 40.6. The van der Waals surface area contributed by atoms with Crippen molar-refractivity contribution in [3.8, 4) is 0 Å². The SMILES string of the molecule is CC/C=C\CCCCOC(CCC(=O)OCCCCN(CCCO)CCCCCCCC(=O)OCCCCCCCCC)OCCCC/C=C\CC. The smallest absolute Gasteiger partial charge is 0.305 e. The largest absolute Gasteiger partial charge is 0.466 e. The van der Waals surface area contributed by atoms with Gasteiger partial charge in [-0.15, -0.1) is 0 Å². The Balaban J connectivity index is 4.14. The minimum absolute atomic E-state index is 0.0481. The van der Waals surface area contributed by atoms with Crippen LogP contribution in [0.5, 0.6) is 0 Å². The highest BCUT2D eigenvalue weighted by atomic mass is 16.7. The van der Waals surface area contributed by atoms with Crippen LogP contribution in [0.25, 0.3) is 0 Å². The molecule has 0 aromatic heterocycles. The van der Waals surface area contributed by atoms with Crippen molar-refractivity contribution in [1.82, 2.24) is 4.90 Å². The predicted octanol–water partition coefficient (Wildman–Crippen LogP) is 11.0. The van der Waals surface area contributed by atoms with Crippen LogP contribution in [0.1, 0.15) is 188 Å². The van der Waals surface area contributed by atoms with Gasteiger partial charge in [0.1, 0.15) is 0 Å². The van der Waals surface area contributed by atoms with Crippen LogP contribution >= 0.6 is 0 Å². The molecule has 0 aromatic carbocycles. The maximum Gasteiger partial charge on any atom is 0.305 e. The maximum absolute atomic E-state index is 12.5. The third-order valence-electron chi connectivity index (χ3n) is 9.16. The van der Waals surface area contributed by atoms with Crippen molar-refractivity contribution in [3.63, 3.8) is 0 Å². The second-order valence-electron chi connectivity index (χ2n) is 14.2. The normalized spacial score (nSPS) is 11.9. The van der Waals surface area contributed by atoms with Crippen LogP contribution in [0.3, 0.4) is 0 Å². The van der Waals surface area contributed by atoms with E-state index >= 15 is 0 Å². The summed E-state index contributed by atoms with van der Waals surface area (Å²) in [5.41, 5.74) is 0. The van der Waals surface area contributed by atoms with Crippen molar-refractivity contribution in [2.75, 3.05) is 52.7 Å². The van der Waals surface area contributed by atoms with Crippen molar-refractivity contribution >= 4 is 11.9 Å². The molecule has 0 saturated heterocycles. The molecule has 0 aliphatic carbocycles. The molecule has 0 atom stereocenters. The van der Waals surface area contributed by atoms with E-state index in [2.05, 4.69) is 50.0 Å². The van der Waals surface area contributed by atoms with Gasteiger partial charge in [0.05, 0.1) is 19.6 Å². The number of aliphatic hydroxyl groups is 1. The Bertz CT molecular complexity index is 794. The molecule has 0 spiro atoms. The summed E-state index contributed by atoms with van der Waals surface area (Å²) in [7, 11) is 0. The first-order chi connectivity index (χ1) is 25.6. The van der Waals surface area contributed by atoms with E-state index in [1.807, 2.05) is 0 Å². The molecule has 0 rings (SSSR count). The average molecular weight is 738 g/mol. The summed E-state index contributed by atoms with van der Waals surface area (Å²) in [4.78, 5) is 26.9. The van der Waals surface area contributed by atoms with Crippen molar-refractivity contribution in [1.29, 1.82) is 0 Å². The number of nitrogens with zero attached hydrogens (tertiary/aromatic N) is 1. The number of hydrogen-bond acceptors (Lipinski definition) is 8. The van der Waals surface area contributed by atoms with E-state index in [1.54, 1.807) is 0 Å². The molecule has 0 bridgehead atoms. The maximum atomic E-state index is 12.5. The molecule has 306 valence electrons. The van der Waals surface area contributed by atoms with Crippen LogP contribution in [0.4, 0.5) is 0 Å². The lowest BCUT2D eigenvalue weighted by molar-refractivity contribution is -0.159. The topological polar surface area (TPSA) is 94.5 Å². The van der Waals surface area contributed by atoms with Crippen LogP contribution in [0.15, 0.2) is 24.3 Å². The van der Waals surface area contributed by atoms with E-state index in [1.165, 1.54) is 32.1 Å². The summed E-state index contributed by atoms with van der Waals surface area (Å²) in [6.07, 6.45) is 34.7. The molecular weight excluding hydrogens is 654 g/mol. The van der Waals surface area contributed by atoms with Crippen LogP contribution in [-0.2, 0) is 28.5 Å². The summed E-state index contributed by atoms with van der Waals surface area (Å²) in [6, 6.07) is 0. The predicted molar refractivity (Wildman–Crippen MR) is 216 cm³/mol. The van der Waals surface area contributed by atoms with Gasteiger partial charge in [-0.1, -0.05) is 103 Å². The van der Waals surface area contributed by atoms with E-state index in [-0.39, 0.29) is 24.8 Å². The number of hydrogen-bond donors (Lipinski definition) is 1.